The Labute approximate surface area is 172 Å². The van der Waals surface area contributed by atoms with Gasteiger partial charge in [-0.05, 0) is 56.4 Å². The van der Waals surface area contributed by atoms with Crippen LogP contribution in [-0.4, -0.2) is 56.8 Å². The van der Waals surface area contributed by atoms with E-state index in [1.54, 1.807) is 24.3 Å². The number of nitrogens with zero attached hydrogens (tertiary/aromatic N) is 1. The van der Waals surface area contributed by atoms with Crippen molar-refractivity contribution in [2.45, 2.75) is 44.0 Å². The van der Waals surface area contributed by atoms with Crippen LogP contribution in [0.15, 0.2) is 29.2 Å². The molecule has 0 spiro atoms. The van der Waals surface area contributed by atoms with Crippen molar-refractivity contribution in [3.05, 3.63) is 24.3 Å². The van der Waals surface area contributed by atoms with Crippen molar-refractivity contribution in [2.75, 3.05) is 26.2 Å². The van der Waals surface area contributed by atoms with Crippen LogP contribution in [0.1, 0.15) is 33.1 Å². The normalized spacial score (nSPS) is 24.0. The molecular formula is C20H29N3O5S. The van der Waals surface area contributed by atoms with Gasteiger partial charge in [0.25, 0.3) is 0 Å². The molecule has 29 heavy (non-hydrogen) atoms. The number of nitrogens with one attached hydrogen (secondary N) is 2. The van der Waals surface area contributed by atoms with Crippen molar-refractivity contribution in [1.29, 1.82) is 0 Å². The molecule has 1 aromatic carbocycles. The number of hydrogen-bond donors (Lipinski definition) is 2. The second kappa shape index (κ2) is 9.13. The third-order valence-electron chi connectivity index (χ3n) is 5.65. The van der Waals surface area contributed by atoms with E-state index in [4.69, 9.17) is 4.74 Å². The lowest BCUT2D eigenvalue weighted by Crippen LogP contribution is -2.56. The minimum absolute atomic E-state index is 0.0906. The number of rotatable bonds is 6. The Morgan fingerprint density at radius 3 is 2.45 bits per heavy atom. The molecular weight excluding hydrogens is 394 g/mol. The summed E-state index contributed by atoms with van der Waals surface area (Å²) < 4.78 is 32.5. The maximum absolute atomic E-state index is 12.9. The lowest BCUT2D eigenvalue weighted by molar-refractivity contribution is -0.134. The van der Waals surface area contributed by atoms with Crippen LogP contribution < -0.4 is 15.4 Å². The van der Waals surface area contributed by atoms with Gasteiger partial charge in [0.15, 0.2) is 0 Å². The highest BCUT2D eigenvalue weighted by Crippen LogP contribution is 2.26. The van der Waals surface area contributed by atoms with E-state index in [-0.39, 0.29) is 41.6 Å². The number of carbonyl (C=O) groups is 2. The molecule has 0 radical (unpaired) electrons. The van der Waals surface area contributed by atoms with E-state index in [9.17, 15) is 18.0 Å². The minimum Gasteiger partial charge on any atom is -0.494 e. The molecule has 160 valence electrons. The highest BCUT2D eigenvalue weighted by molar-refractivity contribution is 7.89. The smallest absolute Gasteiger partial charge is 0.243 e. The Kier molecular flexibility index (Phi) is 6.79. The van der Waals surface area contributed by atoms with E-state index in [0.29, 0.717) is 31.7 Å². The minimum atomic E-state index is -3.61. The summed E-state index contributed by atoms with van der Waals surface area (Å²) in [6.07, 6.45) is 1.70. The maximum Gasteiger partial charge on any atom is 0.243 e. The number of benzene rings is 1. The first-order valence-corrected chi connectivity index (χ1v) is 11.6. The molecule has 0 saturated carbocycles. The van der Waals surface area contributed by atoms with E-state index in [1.165, 1.54) is 4.31 Å². The fourth-order valence-corrected chi connectivity index (χ4v) is 5.29. The summed E-state index contributed by atoms with van der Waals surface area (Å²) in [5.74, 6) is 0.115. The zero-order chi connectivity index (χ0) is 21.0. The van der Waals surface area contributed by atoms with Gasteiger partial charge < -0.3 is 15.4 Å². The van der Waals surface area contributed by atoms with E-state index < -0.39 is 16.1 Å². The quantitative estimate of drug-likeness (QED) is 0.714. The second-order valence-corrected chi connectivity index (χ2v) is 9.56. The maximum atomic E-state index is 12.9. The molecule has 2 amide bonds. The number of sulfonamides is 1. The van der Waals surface area contributed by atoms with E-state index in [0.717, 1.165) is 6.42 Å². The summed E-state index contributed by atoms with van der Waals surface area (Å²) >= 11 is 0. The van der Waals surface area contributed by atoms with Gasteiger partial charge in [-0.2, -0.15) is 4.31 Å². The SMILES string of the molecule is CCOc1ccc(S(=O)(=O)N2CCC(C(=O)N[C@H]3C(=O)NCC[C@H]3C)CC2)cc1. The average molecular weight is 424 g/mol. The Morgan fingerprint density at radius 2 is 1.86 bits per heavy atom. The molecule has 2 fully saturated rings. The molecule has 3 rings (SSSR count). The monoisotopic (exact) mass is 423 g/mol. The molecule has 0 aliphatic carbocycles. The van der Waals surface area contributed by atoms with Crippen LogP contribution in [0.2, 0.25) is 0 Å². The first-order chi connectivity index (χ1) is 13.8. The van der Waals surface area contributed by atoms with Gasteiger partial charge in [-0.15, -0.1) is 0 Å². The number of carbonyl (C=O) groups excluding carboxylic acids is 2. The molecule has 2 N–H and O–H groups in total. The lowest BCUT2D eigenvalue weighted by Gasteiger charge is -2.33. The number of hydrogen-bond acceptors (Lipinski definition) is 5. The van der Waals surface area contributed by atoms with Gasteiger partial charge in [0.1, 0.15) is 11.8 Å². The van der Waals surface area contributed by atoms with Crippen molar-refractivity contribution >= 4 is 21.8 Å². The number of ether oxygens (including phenoxy) is 1. The predicted octanol–water partition coefficient (Wildman–Crippen LogP) is 1.13. The average Bonchev–Trinajstić information content (AvgIpc) is 2.71. The predicted molar refractivity (Wildman–Crippen MR) is 108 cm³/mol. The zero-order valence-corrected chi connectivity index (χ0v) is 17.7. The first kappa shape index (κ1) is 21.6. The van der Waals surface area contributed by atoms with Crippen LogP contribution in [-0.2, 0) is 19.6 Å². The Balaban J connectivity index is 1.57. The molecule has 9 heteroatoms. The van der Waals surface area contributed by atoms with Crippen LogP contribution in [0, 0.1) is 11.8 Å². The molecule has 1 aromatic rings. The highest BCUT2D eigenvalue weighted by atomic mass is 32.2. The Hall–Kier alpha value is -2.13. The van der Waals surface area contributed by atoms with Gasteiger partial charge in [0, 0.05) is 25.6 Å². The largest absolute Gasteiger partial charge is 0.494 e. The van der Waals surface area contributed by atoms with Crippen molar-refractivity contribution in [1.82, 2.24) is 14.9 Å². The molecule has 2 aliphatic heterocycles. The van der Waals surface area contributed by atoms with E-state index in [2.05, 4.69) is 10.6 Å². The highest BCUT2D eigenvalue weighted by Gasteiger charge is 2.35. The van der Waals surface area contributed by atoms with Gasteiger partial charge >= 0.3 is 0 Å². The third-order valence-corrected chi connectivity index (χ3v) is 7.56. The Morgan fingerprint density at radius 1 is 1.21 bits per heavy atom. The van der Waals surface area contributed by atoms with E-state index in [1.807, 2.05) is 13.8 Å². The summed E-state index contributed by atoms with van der Waals surface area (Å²) in [4.78, 5) is 24.8. The molecule has 2 aliphatic rings. The second-order valence-electron chi connectivity index (χ2n) is 7.63. The number of piperidine rings is 2. The van der Waals surface area contributed by atoms with Gasteiger partial charge in [-0.1, -0.05) is 6.92 Å². The molecule has 8 nitrogen and oxygen atoms in total. The molecule has 0 bridgehead atoms. The first-order valence-electron chi connectivity index (χ1n) is 10.1. The van der Waals surface area contributed by atoms with Crippen LogP contribution in [0.3, 0.4) is 0 Å². The topological polar surface area (TPSA) is 105 Å². The summed E-state index contributed by atoms with van der Waals surface area (Å²) in [6, 6.07) is 5.87. The van der Waals surface area contributed by atoms with E-state index >= 15 is 0 Å². The summed E-state index contributed by atoms with van der Waals surface area (Å²) in [7, 11) is -3.61. The van der Waals surface area contributed by atoms with Crippen molar-refractivity contribution in [3.63, 3.8) is 0 Å². The molecule has 2 heterocycles. The summed E-state index contributed by atoms with van der Waals surface area (Å²) in [6.45, 7) is 5.53. The van der Waals surface area contributed by atoms with Gasteiger partial charge in [0.2, 0.25) is 21.8 Å². The molecule has 0 unspecified atom stereocenters. The van der Waals surface area contributed by atoms with Crippen LogP contribution in [0.25, 0.3) is 0 Å². The standard InChI is InChI=1S/C20H29N3O5S/c1-3-28-16-4-6-17(7-5-16)29(26,27)23-12-9-15(10-13-23)19(24)22-18-14(2)8-11-21-20(18)25/h4-7,14-15,18H,3,8-13H2,1-2H3,(H,21,25)(H,22,24)/t14-,18-/m1/s1. The van der Waals surface area contributed by atoms with Crippen LogP contribution >= 0.6 is 0 Å². The summed E-state index contributed by atoms with van der Waals surface area (Å²) in [5, 5.41) is 5.64. The summed E-state index contributed by atoms with van der Waals surface area (Å²) in [5.41, 5.74) is 0. The number of amides is 2. The van der Waals surface area contributed by atoms with Gasteiger partial charge in [0.05, 0.1) is 11.5 Å². The van der Waals surface area contributed by atoms with Crippen molar-refractivity contribution < 1.29 is 22.7 Å². The van der Waals surface area contributed by atoms with Gasteiger partial charge in [-0.25, -0.2) is 8.42 Å². The Bertz CT molecular complexity index is 832. The van der Waals surface area contributed by atoms with Crippen molar-refractivity contribution in [2.24, 2.45) is 11.8 Å². The fourth-order valence-electron chi connectivity index (χ4n) is 3.82. The van der Waals surface area contributed by atoms with Crippen LogP contribution in [0.4, 0.5) is 0 Å². The molecule has 2 saturated heterocycles. The van der Waals surface area contributed by atoms with Gasteiger partial charge in [-0.3, -0.25) is 9.59 Å². The molecule has 2 atom stereocenters. The van der Waals surface area contributed by atoms with Crippen molar-refractivity contribution in [3.8, 4) is 5.75 Å². The third kappa shape index (κ3) is 4.90. The zero-order valence-electron chi connectivity index (χ0n) is 16.9. The fraction of sp³-hybridized carbons (Fsp3) is 0.600. The lowest BCUT2D eigenvalue weighted by atomic mass is 9.92. The van der Waals surface area contributed by atoms with Crippen LogP contribution in [0.5, 0.6) is 5.75 Å². The molecule has 0 aromatic heterocycles.